The molecular weight excluding hydrogens is 404 g/mol. The molecule has 4 rings (SSSR count). The highest BCUT2D eigenvalue weighted by Crippen LogP contribution is 2.26. The second kappa shape index (κ2) is 8.72. The summed E-state index contributed by atoms with van der Waals surface area (Å²) in [5.74, 6) is 1.83. The Morgan fingerprint density at radius 3 is 2.90 bits per heavy atom. The minimum atomic E-state index is -0.177. The summed E-state index contributed by atoms with van der Waals surface area (Å²) in [5.41, 5.74) is 0.617. The molecule has 0 saturated carbocycles. The average molecular weight is 427 g/mol. The SMILES string of the molecule is CC(=O)N[C@@H]1CCN(CC(=O)Nc2cc(-c3nccs3)nc(-c3ccc(C)o3)n2)C1. The maximum Gasteiger partial charge on any atom is 0.239 e. The van der Waals surface area contributed by atoms with Gasteiger partial charge in [-0.2, -0.15) is 0 Å². The fourth-order valence-corrected chi connectivity index (χ4v) is 4.00. The van der Waals surface area contributed by atoms with E-state index in [-0.39, 0.29) is 24.4 Å². The van der Waals surface area contributed by atoms with Crippen molar-refractivity contribution in [2.75, 3.05) is 25.0 Å². The zero-order valence-electron chi connectivity index (χ0n) is 16.7. The monoisotopic (exact) mass is 426 g/mol. The number of hydrogen-bond donors (Lipinski definition) is 2. The highest BCUT2D eigenvalue weighted by molar-refractivity contribution is 7.13. The summed E-state index contributed by atoms with van der Waals surface area (Å²) in [7, 11) is 0. The van der Waals surface area contributed by atoms with E-state index in [1.54, 1.807) is 18.3 Å². The maximum absolute atomic E-state index is 12.6. The molecule has 3 aromatic rings. The highest BCUT2D eigenvalue weighted by atomic mass is 32.1. The second-order valence-electron chi connectivity index (χ2n) is 7.18. The summed E-state index contributed by atoms with van der Waals surface area (Å²) in [4.78, 5) is 39.1. The van der Waals surface area contributed by atoms with Gasteiger partial charge >= 0.3 is 0 Å². The van der Waals surface area contributed by atoms with Gasteiger partial charge in [-0.15, -0.1) is 11.3 Å². The summed E-state index contributed by atoms with van der Waals surface area (Å²) in [5, 5.41) is 8.35. The van der Waals surface area contributed by atoms with Crippen molar-refractivity contribution in [1.82, 2.24) is 25.2 Å². The Labute approximate surface area is 177 Å². The van der Waals surface area contributed by atoms with Crippen LogP contribution in [-0.2, 0) is 9.59 Å². The summed E-state index contributed by atoms with van der Waals surface area (Å²) in [6, 6.07) is 5.43. The first-order valence-electron chi connectivity index (χ1n) is 9.61. The van der Waals surface area contributed by atoms with Gasteiger partial charge < -0.3 is 15.1 Å². The number of hydrogen-bond acceptors (Lipinski definition) is 8. The van der Waals surface area contributed by atoms with E-state index in [4.69, 9.17) is 4.42 Å². The number of furan rings is 1. The molecule has 4 heterocycles. The lowest BCUT2D eigenvalue weighted by molar-refractivity contribution is -0.119. The average Bonchev–Trinajstić information content (AvgIpc) is 3.43. The van der Waals surface area contributed by atoms with Gasteiger partial charge in [0.2, 0.25) is 11.8 Å². The number of anilines is 1. The summed E-state index contributed by atoms with van der Waals surface area (Å²) >= 11 is 1.46. The van der Waals surface area contributed by atoms with E-state index in [1.165, 1.54) is 18.3 Å². The summed E-state index contributed by atoms with van der Waals surface area (Å²) in [6.45, 7) is 4.98. The number of aryl methyl sites for hydroxylation is 1. The van der Waals surface area contributed by atoms with E-state index >= 15 is 0 Å². The largest absolute Gasteiger partial charge is 0.458 e. The van der Waals surface area contributed by atoms with E-state index in [0.29, 0.717) is 29.6 Å². The molecule has 1 atom stereocenters. The van der Waals surface area contributed by atoms with Crippen LogP contribution in [0.1, 0.15) is 19.1 Å². The molecule has 2 amide bonds. The number of thiazole rings is 1. The van der Waals surface area contributed by atoms with Gasteiger partial charge in [0.05, 0.1) is 6.54 Å². The molecular formula is C20H22N6O3S. The maximum atomic E-state index is 12.6. The number of nitrogens with one attached hydrogen (secondary N) is 2. The van der Waals surface area contributed by atoms with Crippen LogP contribution in [0.25, 0.3) is 22.3 Å². The molecule has 10 heteroatoms. The minimum Gasteiger partial charge on any atom is -0.458 e. The Kier molecular flexibility index (Phi) is 5.86. The molecule has 0 aliphatic carbocycles. The van der Waals surface area contributed by atoms with Gasteiger partial charge in [-0.3, -0.25) is 14.5 Å². The number of carbonyl (C=O) groups excluding carboxylic acids is 2. The zero-order valence-corrected chi connectivity index (χ0v) is 17.5. The number of aromatic nitrogens is 3. The predicted molar refractivity (Wildman–Crippen MR) is 113 cm³/mol. The van der Waals surface area contributed by atoms with Crippen molar-refractivity contribution >= 4 is 29.0 Å². The van der Waals surface area contributed by atoms with Crippen molar-refractivity contribution in [2.45, 2.75) is 26.3 Å². The van der Waals surface area contributed by atoms with Crippen LogP contribution < -0.4 is 10.6 Å². The first kappa shape index (κ1) is 20.2. The molecule has 3 aromatic heterocycles. The second-order valence-corrected chi connectivity index (χ2v) is 8.07. The fraction of sp³-hybridized carbons (Fsp3) is 0.350. The standard InChI is InChI=1S/C20H22N6O3S/c1-12-3-4-16(29-12)19-23-15(20-21-6-8-30-20)9-17(25-19)24-18(28)11-26-7-5-14(10-26)22-13(2)27/h3-4,6,8-9,14H,5,7,10-11H2,1-2H3,(H,22,27)(H,23,24,25,28)/t14-/m1/s1. The van der Waals surface area contributed by atoms with Crippen LogP contribution in [0.2, 0.25) is 0 Å². The molecule has 0 unspecified atom stereocenters. The number of rotatable bonds is 6. The fourth-order valence-electron chi connectivity index (χ4n) is 3.40. The van der Waals surface area contributed by atoms with Crippen LogP contribution >= 0.6 is 11.3 Å². The van der Waals surface area contributed by atoms with Crippen molar-refractivity contribution < 1.29 is 14.0 Å². The van der Waals surface area contributed by atoms with Gasteiger partial charge in [0.1, 0.15) is 22.3 Å². The Balaban J connectivity index is 1.50. The lowest BCUT2D eigenvalue weighted by Crippen LogP contribution is -2.37. The van der Waals surface area contributed by atoms with Crippen LogP contribution in [0.15, 0.2) is 34.2 Å². The molecule has 0 radical (unpaired) electrons. The number of likely N-dealkylation sites (tertiary alicyclic amines) is 1. The van der Waals surface area contributed by atoms with Crippen molar-refractivity contribution in [1.29, 1.82) is 0 Å². The van der Waals surface area contributed by atoms with Crippen LogP contribution in [-0.4, -0.2) is 57.3 Å². The summed E-state index contributed by atoms with van der Waals surface area (Å²) < 4.78 is 5.66. The molecule has 1 fully saturated rings. The molecule has 0 spiro atoms. The van der Waals surface area contributed by atoms with E-state index in [9.17, 15) is 9.59 Å². The topological polar surface area (TPSA) is 113 Å². The molecule has 0 bridgehead atoms. The third kappa shape index (κ3) is 4.89. The van der Waals surface area contributed by atoms with Crippen molar-refractivity contribution in [3.63, 3.8) is 0 Å². The lowest BCUT2D eigenvalue weighted by Gasteiger charge is -2.16. The molecule has 1 aliphatic heterocycles. The third-order valence-electron chi connectivity index (χ3n) is 4.65. The lowest BCUT2D eigenvalue weighted by atomic mass is 10.3. The minimum absolute atomic E-state index is 0.0531. The Morgan fingerprint density at radius 2 is 2.20 bits per heavy atom. The Bertz CT molecular complexity index is 1050. The normalized spacial score (nSPS) is 16.5. The molecule has 30 heavy (non-hydrogen) atoms. The predicted octanol–water partition coefficient (Wildman–Crippen LogP) is 2.32. The molecule has 0 aromatic carbocycles. The smallest absolute Gasteiger partial charge is 0.239 e. The van der Waals surface area contributed by atoms with Crippen LogP contribution in [0.3, 0.4) is 0 Å². The molecule has 1 saturated heterocycles. The van der Waals surface area contributed by atoms with Gasteiger partial charge in [0, 0.05) is 43.7 Å². The first-order valence-corrected chi connectivity index (χ1v) is 10.5. The molecule has 1 aliphatic rings. The molecule has 156 valence electrons. The number of nitrogens with zero attached hydrogens (tertiary/aromatic N) is 4. The van der Waals surface area contributed by atoms with Crippen molar-refractivity contribution in [2.24, 2.45) is 0 Å². The van der Waals surface area contributed by atoms with Crippen LogP contribution in [0.5, 0.6) is 0 Å². The van der Waals surface area contributed by atoms with Gasteiger partial charge in [-0.25, -0.2) is 15.0 Å². The van der Waals surface area contributed by atoms with E-state index in [1.807, 2.05) is 23.3 Å². The Morgan fingerprint density at radius 1 is 1.33 bits per heavy atom. The summed E-state index contributed by atoms with van der Waals surface area (Å²) in [6.07, 6.45) is 2.53. The Hall–Kier alpha value is -3.11. The van der Waals surface area contributed by atoms with Crippen molar-refractivity contribution in [3.05, 3.63) is 35.5 Å². The highest BCUT2D eigenvalue weighted by Gasteiger charge is 2.24. The van der Waals surface area contributed by atoms with E-state index < -0.39 is 0 Å². The van der Waals surface area contributed by atoms with Gasteiger partial charge in [0.15, 0.2) is 11.6 Å². The zero-order chi connectivity index (χ0) is 21.1. The number of amides is 2. The quantitative estimate of drug-likeness (QED) is 0.622. The molecule has 9 nitrogen and oxygen atoms in total. The van der Waals surface area contributed by atoms with Crippen LogP contribution in [0.4, 0.5) is 5.82 Å². The van der Waals surface area contributed by atoms with Gasteiger partial charge in [0.25, 0.3) is 0 Å². The molecule has 2 N–H and O–H groups in total. The van der Waals surface area contributed by atoms with Gasteiger partial charge in [-0.05, 0) is 25.5 Å². The van der Waals surface area contributed by atoms with E-state index in [2.05, 4.69) is 25.6 Å². The van der Waals surface area contributed by atoms with Crippen LogP contribution in [0, 0.1) is 6.92 Å². The van der Waals surface area contributed by atoms with Crippen molar-refractivity contribution in [3.8, 4) is 22.3 Å². The third-order valence-corrected chi connectivity index (χ3v) is 5.45. The van der Waals surface area contributed by atoms with Gasteiger partial charge in [-0.1, -0.05) is 0 Å². The number of carbonyl (C=O) groups is 2. The first-order chi connectivity index (χ1) is 14.5. The van der Waals surface area contributed by atoms with E-state index in [0.717, 1.165) is 23.7 Å².